The highest BCUT2D eigenvalue weighted by Gasteiger charge is 2.21. The van der Waals surface area contributed by atoms with Gasteiger partial charge in [-0.15, -0.1) is 0 Å². The Morgan fingerprint density at radius 1 is 1.19 bits per heavy atom. The molecule has 1 aromatic heterocycles. The van der Waals surface area contributed by atoms with Crippen LogP contribution in [0.15, 0.2) is 48.5 Å². The standard InChI is InChI=1S/C20H20N4O2S/c1-2-26-19(25)14-7-9-15(10-8-14)21-20(27)23-11-12-24-17-6-4-3-5-16(17)22-18(24)13-23/h3-10H,2,11-13H2,1H3,(H,21,27). The lowest BCUT2D eigenvalue weighted by Crippen LogP contribution is -2.40. The van der Waals surface area contributed by atoms with Crippen LogP contribution in [-0.2, 0) is 17.8 Å². The minimum Gasteiger partial charge on any atom is -0.462 e. The molecule has 0 spiro atoms. The van der Waals surface area contributed by atoms with Gasteiger partial charge in [0, 0.05) is 18.8 Å². The average Bonchev–Trinajstić information content (AvgIpc) is 3.06. The number of carbonyl (C=O) groups excluding carboxylic acids is 1. The highest BCUT2D eigenvalue weighted by atomic mass is 32.1. The number of nitrogens with one attached hydrogen (secondary N) is 1. The van der Waals surface area contributed by atoms with Crippen molar-refractivity contribution >= 4 is 40.0 Å². The molecule has 0 aliphatic carbocycles. The van der Waals surface area contributed by atoms with E-state index in [0.29, 0.717) is 23.8 Å². The van der Waals surface area contributed by atoms with E-state index in [4.69, 9.17) is 21.9 Å². The van der Waals surface area contributed by atoms with E-state index in [1.54, 1.807) is 19.1 Å². The van der Waals surface area contributed by atoms with Crippen LogP contribution >= 0.6 is 12.2 Å². The van der Waals surface area contributed by atoms with Gasteiger partial charge in [0.25, 0.3) is 0 Å². The van der Waals surface area contributed by atoms with Gasteiger partial charge < -0.3 is 19.5 Å². The lowest BCUT2D eigenvalue weighted by molar-refractivity contribution is 0.0526. The largest absolute Gasteiger partial charge is 0.462 e. The summed E-state index contributed by atoms with van der Waals surface area (Å²) >= 11 is 5.58. The molecule has 0 fully saturated rings. The molecular formula is C20H20N4O2S. The topological polar surface area (TPSA) is 59.4 Å². The van der Waals surface area contributed by atoms with E-state index < -0.39 is 0 Å². The van der Waals surface area contributed by atoms with Crippen LogP contribution in [0.3, 0.4) is 0 Å². The van der Waals surface area contributed by atoms with Crippen LogP contribution in [-0.4, -0.2) is 38.7 Å². The summed E-state index contributed by atoms with van der Waals surface area (Å²) < 4.78 is 7.25. The number of rotatable bonds is 3. The molecule has 138 valence electrons. The monoisotopic (exact) mass is 380 g/mol. The summed E-state index contributed by atoms with van der Waals surface area (Å²) in [5.41, 5.74) is 3.55. The molecule has 27 heavy (non-hydrogen) atoms. The van der Waals surface area contributed by atoms with Gasteiger partial charge in [0.2, 0.25) is 0 Å². The van der Waals surface area contributed by atoms with Crippen molar-refractivity contribution < 1.29 is 9.53 Å². The Hall–Kier alpha value is -2.93. The quantitative estimate of drug-likeness (QED) is 0.555. The van der Waals surface area contributed by atoms with E-state index in [0.717, 1.165) is 30.1 Å². The predicted octanol–water partition coefficient (Wildman–Crippen LogP) is 3.43. The molecule has 0 saturated heterocycles. The number of fused-ring (bicyclic) bond motifs is 3. The van der Waals surface area contributed by atoms with Crippen molar-refractivity contribution in [2.24, 2.45) is 0 Å². The first-order valence-corrected chi connectivity index (χ1v) is 9.34. The van der Waals surface area contributed by atoms with Gasteiger partial charge in [0.1, 0.15) is 5.82 Å². The Balaban J connectivity index is 1.44. The molecule has 1 aliphatic heterocycles. The fraction of sp³-hybridized carbons (Fsp3) is 0.250. The number of ether oxygens (including phenoxy) is 1. The maximum atomic E-state index is 11.7. The third-order valence-electron chi connectivity index (χ3n) is 4.59. The zero-order valence-electron chi connectivity index (χ0n) is 15.0. The second kappa shape index (κ2) is 7.36. The summed E-state index contributed by atoms with van der Waals surface area (Å²) in [7, 11) is 0. The second-order valence-electron chi connectivity index (χ2n) is 6.32. The third-order valence-corrected chi connectivity index (χ3v) is 4.95. The molecule has 0 unspecified atom stereocenters. The van der Waals surface area contributed by atoms with E-state index in [-0.39, 0.29) is 5.97 Å². The van der Waals surface area contributed by atoms with Gasteiger partial charge in [-0.3, -0.25) is 0 Å². The summed E-state index contributed by atoms with van der Waals surface area (Å²) in [6.07, 6.45) is 0. The molecule has 0 radical (unpaired) electrons. The van der Waals surface area contributed by atoms with Crippen LogP contribution in [0.25, 0.3) is 11.0 Å². The smallest absolute Gasteiger partial charge is 0.338 e. The summed E-state index contributed by atoms with van der Waals surface area (Å²) in [4.78, 5) is 18.6. The Labute approximate surface area is 162 Å². The Morgan fingerprint density at radius 2 is 1.96 bits per heavy atom. The van der Waals surface area contributed by atoms with E-state index in [1.165, 1.54) is 5.52 Å². The molecular weight excluding hydrogens is 360 g/mol. The number of aromatic nitrogens is 2. The minimum atomic E-state index is -0.318. The minimum absolute atomic E-state index is 0.318. The molecule has 4 rings (SSSR count). The van der Waals surface area contributed by atoms with Crippen LogP contribution in [0.4, 0.5) is 5.69 Å². The van der Waals surface area contributed by atoms with Gasteiger partial charge in [0.15, 0.2) is 5.11 Å². The highest BCUT2D eigenvalue weighted by Crippen LogP contribution is 2.21. The normalized spacial score (nSPS) is 13.3. The fourth-order valence-corrected chi connectivity index (χ4v) is 3.52. The second-order valence-corrected chi connectivity index (χ2v) is 6.70. The fourth-order valence-electron chi connectivity index (χ4n) is 3.25. The number of hydrogen-bond acceptors (Lipinski definition) is 4. The number of nitrogens with zero attached hydrogens (tertiary/aromatic N) is 3. The number of carbonyl (C=O) groups is 1. The first kappa shape index (κ1) is 17.5. The highest BCUT2D eigenvalue weighted by molar-refractivity contribution is 7.80. The summed E-state index contributed by atoms with van der Waals surface area (Å²) in [6, 6.07) is 15.3. The predicted molar refractivity (Wildman–Crippen MR) is 109 cm³/mol. The van der Waals surface area contributed by atoms with Crippen molar-refractivity contribution in [3.05, 3.63) is 59.9 Å². The van der Waals surface area contributed by atoms with Gasteiger partial charge in [0.05, 0.1) is 29.7 Å². The lowest BCUT2D eigenvalue weighted by atomic mass is 10.2. The number of imidazole rings is 1. The first-order valence-electron chi connectivity index (χ1n) is 8.93. The summed E-state index contributed by atoms with van der Waals surface area (Å²) in [6.45, 7) is 4.49. The van der Waals surface area contributed by atoms with Gasteiger partial charge in [-0.25, -0.2) is 9.78 Å². The average molecular weight is 380 g/mol. The van der Waals surface area contributed by atoms with Crippen molar-refractivity contribution in [1.29, 1.82) is 0 Å². The van der Waals surface area contributed by atoms with E-state index in [2.05, 4.69) is 20.9 Å². The molecule has 2 heterocycles. The van der Waals surface area contributed by atoms with Crippen LogP contribution in [0.2, 0.25) is 0 Å². The molecule has 0 atom stereocenters. The molecule has 1 aliphatic rings. The van der Waals surface area contributed by atoms with Crippen molar-refractivity contribution in [3.63, 3.8) is 0 Å². The number of esters is 1. The summed E-state index contributed by atoms with van der Waals surface area (Å²) in [5.74, 6) is 0.700. The van der Waals surface area contributed by atoms with Crippen molar-refractivity contribution in [3.8, 4) is 0 Å². The molecule has 3 aromatic rings. The molecule has 1 N–H and O–H groups in total. The first-order chi connectivity index (χ1) is 13.2. The lowest BCUT2D eigenvalue weighted by Gasteiger charge is -2.30. The zero-order chi connectivity index (χ0) is 18.8. The number of para-hydroxylation sites is 2. The van der Waals surface area contributed by atoms with E-state index in [1.807, 2.05) is 30.3 Å². The number of hydrogen-bond donors (Lipinski definition) is 1. The molecule has 0 saturated carbocycles. The van der Waals surface area contributed by atoms with E-state index >= 15 is 0 Å². The molecule has 7 heteroatoms. The molecule has 2 aromatic carbocycles. The number of benzene rings is 2. The van der Waals surface area contributed by atoms with Crippen molar-refractivity contribution in [1.82, 2.24) is 14.5 Å². The molecule has 6 nitrogen and oxygen atoms in total. The third kappa shape index (κ3) is 3.50. The molecule has 0 amide bonds. The van der Waals surface area contributed by atoms with Crippen molar-refractivity contribution in [2.45, 2.75) is 20.0 Å². The SMILES string of the molecule is CCOC(=O)c1ccc(NC(=S)N2CCn3c(nc4ccccc43)C2)cc1. The van der Waals surface area contributed by atoms with Gasteiger partial charge in [-0.1, -0.05) is 12.1 Å². The van der Waals surface area contributed by atoms with Crippen molar-refractivity contribution in [2.75, 3.05) is 18.5 Å². The van der Waals surface area contributed by atoms with E-state index in [9.17, 15) is 4.79 Å². The number of anilines is 1. The summed E-state index contributed by atoms with van der Waals surface area (Å²) in [5, 5.41) is 3.89. The zero-order valence-corrected chi connectivity index (χ0v) is 15.8. The Morgan fingerprint density at radius 3 is 2.74 bits per heavy atom. The van der Waals surface area contributed by atoms with Crippen LogP contribution in [0.5, 0.6) is 0 Å². The maximum Gasteiger partial charge on any atom is 0.338 e. The maximum absolute atomic E-state index is 11.7. The Kier molecular flexibility index (Phi) is 4.77. The van der Waals surface area contributed by atoms with Gasteiger partial charge in [-0.05, 0) is 55.5 Å². The number of thiocarbonyl (C=S) groups is 1. The van der Waals surface area contributed by atoms with Crippen LogP contribution in [0, 0.1) is 0 Å². The van der Waals surface area contributed by atoms with Gasteiger partial charge >= 0.3 is 5.97 Å². The van der Waals surface area contributed by atoms with Crippen LogP contribution < -0.4 is 5.32 Å². The van der Waals surface area contributed by atoms with Crippen LogP contribution in [0.1, 0.15) is 23.1 Å². The Bertz CT molecular complexity index is 997. The van der Waals surface area contributed by atoms with Gasteiger partial charge in [-0.2, -0.15) is 0 Å². The molecule has 0 bridgehead atoms.